The fourth-order valence-electron chi connectivity index (χ4n) is 5.25. The Morgan fingerprint density at radius 3 is 2.33 bits per heavy atom. The van der Waals surface area contributed by atoms with E-state index in [2.05, 4.69) is 60.2 Å². The monoisotopic (exact) mass is 526 g/mol. The van der Waals surface area contributed by atoms with Crippen LogP contribution in [0.15, 0.2) is 24.4 Å². The molecule has 1 aromatic carbocycles. The largest absolute Gasteiger partial charge is 0.418 e. The highest BCUT2D eigenvalue weighted by Crippen LogP contribution is 2.40. The molecule has 4 rings (SSSR count). The minimum absolute atomic E-state index is 0.0315. The van der Waals surface area contributed by atoms with Gasteiger partial charge in [0.15, 0.2) is 5.82 Å². The topological polar surface area (TPSA) is 65.5 Å². The van der Waals surface area contributed by atoms with Crippen LogP contribution < -0.4 is 15.5 Å². The van der Waals surface area contributed by atoms with E-state index in [0.29, 0.717) is 37.1 Å². The average Bonchev–Trinajstić information content (AvgIpc) is 2.79. The molecule has 1 aromatic heterocycles. The standard InChI is InChI=1S/C25H34ClF3N6O/c1-23(2)13-17(14-24(3,4)34(23)5)31-21-19(26)15-30-22(33-21)32-16-6-7-20(18(12-16)25(27,28)29)35-8-10-36-11-9-35/h6-7,12,15,17H,8-11,13-14H2,1-5H3,(H2,30,31,32,33). The van der Waals surface area contributed by atoms with Crippen LogP contribution in [0.5, 0.6) is 0 Å². The molecule has 0 atom stereocenters. The Morgan fingerprint density at radius 1 is 1.08 bits per heavy atom. The SMILES string of the molecule is CN1C(C)(C)CC(Nc2nc(Nc3ccc(N4CCOCC4)c(C(F)(F)F)c3)ncc2Cl)CC1(C)C. The van der Waals surface area contributed by atoms with Crippen LogP contribution in [-0.4, -0.2) is 65.3 Å². The highest BCUT2D eigenvalue weighted by Gasteiger charge is 2.43. The Hall–Kier alpha value is -2.30. The van der Waals surface area contributed by atoms with E-state index in [1.165, 1.54) is 12.3 Å². The highest BCUT2D eigenvalue weighted by molar-refractivity contribution is 6.32. The minimum atomic E-state index is -4.51. The number of alkyl halides is 3. The number of likely N-dealkylation sites (tertiary alicyclic amines) is 1. The zero-order valence-corrected chi connectivity index (χ0v) is 22.1. The molecule has 36 heavy (non-hydrogen) atoms. The van der Waals surface area contributed by atoms with E-state index in [1.807, 2.05) is 0 Å². The van der Waals surface area contributed by atoms with Crippen molar-refractivity contribution >= 4 is 34.7 Å². The van der Waals surface area contributed by atoms with E-state index >= 15 is 0 Å². The van der Waals surface area contributed by atoms with Gasteiger partial charge in [-0.1, -0.05) is 11.6 Å². The van der Waals surface area contributed by atoms with Crippen molar-refractivity contribution in [2.45, 2.75) is 63.8 Å². The summed E-state index contributed by atoms with van der Waals surface area (Å²) in [4.78, 5) is 12.8. The summed E-state index contributed by atoms with van der Waals surface area (Å²) in [7, 11) is 2.13. The van der Waals surface area contributed by atoms with Gasteiger partial charge < -0.3 is 20.3 Å². The van der Waals surface area contributed by atoms with E-state index in [1.54, 1.807) is 11.0 Å². The van der Waals surface area contributed by atoms with Gasteiger partial charge in [0.2, 0.25) is 5.95 Å². The van der Waals surface area contributed by atoms with Gasteiger partial charge in [-0.2, -0.15) is 18.2 Å². The second-order valence-electron chi connectivity index (χ2n) is 10.8. The summed E-state index contributed by atoms with van der Waals surface area (Å²) >= 11 is 6.39. The van der Waals surface area contributed by atoms with E-state index < -0.39 is 11.7 Å². The molecular weight excluding hydrogens is 493 g/mol. The van der Waals surface area contributed by atoms with E-state index in [-0.39, 0.29) is 34.4 Å². The number of ether oxygens (including phenoxy) is 1. The Bertz CT molecular complexity index is 1070. The molecule has 2 saturated heterocycles. The Morgan fingerprint density at radius 2 is 1.72 bits per heavy atom. The third-order valence-electron chi connectivity index (χ3n) is 7.30. The van der Waals surface area contributed by atoms with Gasteiger partial charge in [-0.15, -0.1) is 0 Å². The van der Waals surface area contributed by atoms with Crippen molar-refractivity contribution in [1.29, 1.82) is 0 Å². The normalized spacial score (nSPS) is 20.9. The molecule has 0 radical (unpaired) electrons. The molecule has 11 heteroatoms. The van der Waals surface area contributed by atoms with Crippen molar-refractivity contribution in [3.05, 3.63) is 35.0 Å². The maximum absolute atomic E-state index is 13.9. The number of hydrogen-bond donors (Lipinski definition) is 2. The molecule has 2 N–H and O–H groups in total. The molecule has 2 aliphatic heterocycles. The highest BCUT2D eigenvalue weighted by atomic mass is 35.5. The smallest absolute Gasteiger partial charge is 0.378 e. The first-order valence-electron chi connectivity index (χ1n) is 12.1. The van der Waals surface area contributed by atoms with Gasteiger partial charge in [0.1, 0.15) is 5.02 Å². The number of anilines is 4. The number of nitrogens with zero attached hydrogens (tertiary/aromatic N) is 4. The minimum Gasteiger partial charge on any atom is -0.378 e. The predicted molar refractivity (Wildman–Crippen MR) is 137 cm³/mol. The first-order chi connectivity index (χ1) is 16.8. The third-order valence-corrected chi connectivity index (χ3v) is 7.58. The second kappa shape index (κ2) is 9.87. The van der Waals surface area contributed by atoms with E-state index in [9.17, 15) is 13.2 Å². The summed E-state index contributed by atoms with van der Waals surface area (Å²) < 4.78 is 47.0. The lowest BCUT2D eigenvalue weighted by atomic mass is 9.77. The number of nitrogens with one attached hydrogen (secondary N) is 2. The maximum atomic E-state index is 13.9. The Kier molecular flexibility index (Phi) is 7.34. The van der Waals surface area contributed by atoms with Crippen LogP contribution in [-0.2, 0) is 10.9 Å². The summed E-state index contributed by atoms with van der Waals surface area (Å²) in [6, 6.07) is 4.30. The van der Waals surface area contributed by atoms with E-state index in [4.69, 9.17) is 16.3 Å². The van der Waals surface area contributed by atoms with Crippen LogP contribution in [0, 0.1) is 0 Å². The van der Waals surface area contributed by atoms with Gasteiger partial charge >= 0.3 is 6.18 Å². The average molecular weight is 527 g/mol. The maximum Gasteiger partial charge on any atom is 0.418 e. The fourth-order valence-corrected chi connectivity index (χ4v) is 5.39. The number of hydrogen-bond acceptors (Lipinski definition) is 7. The number of halogens is 4. The number of rotatable bonds is 5. The van der Waals surface area contributed by atoms with Gasteiger partial charge in [0.25, 0.3) is 0 Å². The van der Waals surface area contributed by atoms with Crippen molar-refractivity contribution < 1.29 is 17.9 Å². The number of morpholine rings is 1. The Balaban J connectivity index is 1.55. The van der Waals surface area contributed by atoms with Gasteiger partial charge in [0, 0.05) is 41.6 Å². The first-order valence-corrected chi connectivity index (χ1v) is 12.5. The van der Waals surface area contributed by atoms with Crippen LogP contribution >= 0.6 is 11.6 Å². The zero-order chi connectivity index (χ0) is 26.3. The summed E-state index contributed by atoms with van der Waals surface area (Å²) in [5, 5.41) is 6.72. The van der Waals surface area contributed by atoms with Crippen LogP contribution in [0.4, 0.5) is 36.3 Å². The lowest BCUT2D eigenvalue weighted by Gasteiger charge is -2.53. The van der Waals surface area contributed by atoms with Crippen LogP contribution in [0.3, 0.4) is 0 Å². The lowest BCUT2D eigenvalue weighted by molar-refractivity contribution is -0.137. The van der Waals surface area contributed by atoms with Crippen molar-refractivity contribution in [1.82, 2.24) is 14.9 Å². The van der Waals surface area contributed by atoms with Crippen LogP contribution in [0.1, 0.15) is 46.1 Å². The summed E-state index contributed by atoms with van der Waals surface area (Å²) in [6.07, 6.45) is -1.29. The number of piperidine rings is 1. The van der Waals surface area contributed by atoms with Gasteiger partial charge in [-0.25, -0.2) is 4.98 Å². The molecule has 0 spiro atoms. The molecule has 0 unspecified atom stereocenters. The van der Waals surface area contributed by atoms with Crippen molar-refractivity contribution in [2.75, 3.05) is 48.9 Å². The third kappa shape index (κ3) is 5.81. The molecule has 7 nitrogen and oxygen atoms in total. The number of benzene rings is 1. The summed E-state index contributed by atoms with van der Waals surface area (Å²) in [5.41, 5.74) is -0.387. The molecule has 0 amide bonds. The molecular formula is C25H34ClF3N6O. The van der Waals surface area contributed by atoms with Crippen molar-refractivity contribution in [2.24, 2.45) is 0 Å². The molecule has 0 bridgehead atoms. The summed E-state index contributed by atoms with van der Waals surface area (Å²) in [6.45, 7) is 10.4. The van der Waals surface area contributed by atoms with Gasteiger partial charge in [-0.3, -0.25) is 4.90 Å². The molecule has 2 aliphatic rings. The summed E-state index contributed by atoms with van der Waals surface area (Å²) in [5.74, 6) is 0.622. The van der Waals surface area contributed by atoms with Crippen molar-refractivity contribution in [3.63, 3.8) is 0 Å². The molecule has 198 valence electrons. The second-order valence-corrected chi connectivity index (χ2v) is 11.2. The molecule has 2 aromatic rings. The lowest BCUT2D eigenvalue weighted by Crippen LogP contribution is -2.61. The quantitative estimate of drug-likeness (QED) is 0.511. The van der Waals surface area contributed by atoms with E-state index in [0.717, 1.165) is 18.9 Å². The molecule has 3 heterocycles. The number of aromatic nitrogens is 2. The molecule has 0 saturated carbocycles. The zero-order valence-electron chi connectivity index (χ0n) is 21.3. The van der Waals surface area contributed by atoms with Crippen LogP contribution in [0.25, 0.3) is 0 Å². The first kappa shape index (κ1) is 26.8. The van der Waals surface area contributed by atoms with Gasteiger partial charge in [0.05, 0.1) is 25.0 Å². The van der Waals surface area contributed by atoms with Crippen LogP contribution in [0.2, 0.25) is 5.02 Å². The fraction of sp³-hybridized carbons (Fsp3) is 0.600. The predicted octanol–water partition coefficient (Wildman–Crippen LogP) is 5.79. The van der Waals surface area contributed by atoms with Crippen molar-refractivity contribution in [3.8, 4) is 0 Å². The van der Waals surface area contributed by atoms with Gasteiger partial charge in [-0.05, 0) is 65.8 Å². The molecule has 2 fully saturated rings. The Labute approximate surface area is 215 Å². The molecule has 0 aliphatic carbocycles.